The van der Waals surface area contributed by atoms with Gasteiger partial charge in [0.05, 0.1) is 11.0 Å². The maximum absolute atomic E-state index is 12.3. The smallest absolute Gasteiger partial charge is 0.223 e. The van der Waals surface area contributed by atoms with Gasteiger partial charge in [-0.25, -0.2) is 4.98 Å². The van der Waals surface area contributed by atoms with Gasteiger partial charge in [0, 0.05) is 25.4 Å². The summed E-state index contributed by atoms with van der Waals surface area (Å²) in [5, 5.41) is 3.15. The lowest BCUT2D eigenvalue weighted by molar-refractivity contribution is -0.125. The molecule has 1 amide bonds. The van der Waals surface area contributed by atoms with E-state index in [2.05, 4.69) is 48.0 Å². The number of amides is 1. The first kappa shape index (κ1) is 18.9. The Morgan fingerprint density at radius 3 is 2.81 bits per heavy atom. The maximum Gasteiger partial charge on any atom is 0.223 e. The molecule has 1 aromatic heterocycles. The molecular formula is C22H33N3O. The highest BCUT2D eigenvalue weighted by molar-refractivity contribution is 5.78. The van der Waals surface area contributed by atoms with Crippen molar-refractivity contribution < 1.29 is 4.79 Å². The van der Waals surface area contributed by atoms with Crippen LogP contribution in [0.2, 0.25) is 0 Å². The first-order valence-electron chi connectivity index (χ1n) is 10.4. The fourth-order valence-corrected chi connectivity index (χ4v) is 3.93. The average molecular weight is 356 g/mol. The fourth-order valence-electron chi connectivity index (χ4n) is 3.93. The summed E-state index contributed by atoms with van der Waals surface area (Å²) in [6.07, 6.45) is 8.86. The van der Waals surface area contributed by atoms with Gasteiger partial charge in [0.1, 0.15) is 5.82 Å². The quantitative estimate of drug-likeness (QED) is 0.697. The number of imidazole rings is 1. The van der Waals surface area contributed by atoms with Crippen molar-refractivity contribution in [2.24, 2.45) is 11.8 Å². The van der Waals surface area contributed by atoms with E-state index in [0.29, 0.717) is 5.92 Å². The van der Waals surface area contributed by atoms with E-state index in [1.165, 1.54) is 31.2 Å². The molecule has 2 aromatic rings. The Morgan fingerprint density at radius 1 is 1.27 bits per heavy atom. The summed E-state index contributed by atoms with van der Waals surface area (Å²) in [6.45, 7) is 6.30. The van der Waals surface area contributed by atoms with E-state index in [9.17, 15) is 4.79 Å². The van der Waals surface area contributed by atoms with Crippen molar-refractivity contribution in [2.75, 3.05) is 6.54 Å². The van der Waals surface area contributed by atoms with Crippen molar-refractivity contribution in [2.45, 2.75) is 71.8 Å². The summed E-state index contributed by atoms with van der Waals surface area (Å²) in [6, 6.07) is 8.40. The number of hydrogen-bond acceptors (Lipinski definition) is 2. The standard InChI is InChI=1S/C22H33N3O/c1-3-17(2)16-25-20-13-8-7-12-19(20)24-21(25)14-9-15-23-22(26)18-10-5-4-6-11-18/h7-8,12-13,17-18H,3-6,9-11,14-16H2,1-2H3,(H,23,26). The van der Waals surface area contributed by atoms with Gasteiger partial charge < -0.3 is 9.88 Å². The Hall–Kier alpha value is -1.84. The first-order valence-corrected chi connectivity index (χ1v) is 10.4. The zero-order chi connectivity index (χ0) is 18.4. The Balaban J connectivity index is 1.57. The minimum atomic E-state index is 0.249. The highest BCUT2D eigenvalue weighted by Crippen LogP contribution is 2.23. The number of nitrogens with zero attached hydrogens (tertiary/aromatic N) is 2. The van der Waals surface area contributed by atoms with Crippen LogP contribution in [0.1, 0.15) is 64.6 Å². The molecule has 1 aliphatic rings. The number of para-hydroxylation sites is 2. The van der Waals surface area contributed by atoms with Gasteiger partial charge in [0.25, 0.3) is 0 Å². The SMILES string of the molecule is CCC(C)Cn1c(CCCNC(=O)C2CCCCC2)nc2ccccc21. The van der Waals surface area contributed by atoms with Crippen LogP contribution in [0.5, 0.6) is 0 Å². The van der Waals surface area contributed by atoms with E-state index in [1.807, 2.05) is 0 Å². The fraction of sp³-hybridized carbons (Fsp3) is 0.636. The molecule has 0 bridgehead atoms. The Morgan fingerprint density at radius 2 is 2.04 bits per heavy atom. The van der Waals surface area contributed by atoms with Crippen LogP contribution >= 0.6 is 0 Å². The first-order chi connectivity index (χ1) is 12.7. The van der Waals surface area contributed by atoms with Crippen LogP contribution in [-0.2, 0) is 17.8 Å². The normalized spacial score (nSPS) is 16.7. The van der Waals surface area contributed by atoms with Crippen molar-refractivity contribution in [1.29, 1.82) is 0 Å². The number of carbonyl (C=O) groups is 1. The molecule has 1 saturated carbocycles. The van der Waals surface area contributed by atoms with E-state index >= 15 is 0 Å². The molecule has 1 atom stereocenters. The van der Waals surface area contributed by atoms with Gasteiger partial charge >= 0.3 is 0 Å². The van der Waals surface area contributed by atoms with Crippen LogP contribution < -0.4 is 5.32 Å². The van der Waals surface area contributed by atoms with Gasteiger partial charge in [-0.05, 0) is 37.3 Å². The van der Waals surface area contributed by atoms with Crippen LogP contribution in [0, 0.1) is 11.8 Å². The average Bonchev–Trinajstić information content (AvgIpc) is 3.03. The van der Waals surface area contributed by atoms with Crippen molar-refractivity contribution in [1.82, 2.24) is 14.9 Å². The Kier molecular flexibility index (Phi) is 6.70. The van der Waals surface area contributed by atoms with Gasteiger partial charge in [0.15, 0.2) is 0 Å². The zero-order valence-corrected chi connectivity index (χ0v) is 16.3. The molecule has 0 saturated heterocycles. The lowest BCUT2D eigenvalue weighted by Gasteiger charge is -2.20. The molecule has 0 radical (unpaired) electrons. The number of fused-ring (bicyclic) bond motifs is 1. The predicted octanol–water partition coefficient (Wildman–Crippen LogP) is 4.71. The van der Waals surface area contributed by atoms with Crippen LogP contribution in [-0.4, -0.2) is 22.0 Å². The van der Waals surface area contributed by atoms with E-state index in [-0.39, 0.29) is 11.8 Å². The molecule has 0 spiro atoms. The summed E-state index contributed by atoms with van der Waals surface area (Å²) in [4.78, 5) is 17.1. The highest BCUT2D eigenvalue weighted by Gasteiger charge is 2.20. The van der Waals surface area contributed by atoms with Crippen molar-refractivity contribution in [3.05, 3.63) is 30.1 Å². The third-order valence-corrected chi connectivity index (χ3v) is 5.78. The number of nitrogens with one attached hydrogen (secondary N) is 1. The summed E-state index contributed by atoms with van der Waals surface area (Å²) < 4.78 is 2.38. The maximum atomic E-state index is 12.3. The molecule has 4 heteroatoms. The molecule has 142 valence electrons. The molecule has 1 fully saturated rings. The third-order valence-electron chi connectivity index (χ3n) is 5.78. The van der Waals surface area contributed by atoms with Gasteiger partial charge in [0.2, 0.25) is 5.91 Å². The largest absolute Gasteiger partial charge is 0.356 e. The van der Waals surface area contributed by atoms with Gasteiger partial charge in [-0.15, -0.1) is 0 Å². The second-order valence-corrected chi connectivity index (χ2v) is 7.87. The number of aromatic nitrogens is 2. The van der Waals surface area contributed by atoms with E-state index < -0.39 is 0 Å². The minimum Gasteiger partial charge on any atom is -0.356 e. The molecular weight excluding hydrogens is 322 g/mol. The number of rotatable bonds is 8. The topological polar surface area (TPSA) is 46.9 Å². The van der Waals surface area contributed by atoms with Gasteiger partial charge in [-0.2, -0.15) is 0 Å². The van der Waals surface area contributed by atoms with E-state index in [4.69, 9.17) is 4.98 Å². The summed E-state index contributed by atoms with van der Waals surface area (Å²) in [5.41, 5.74) is 2.31. The van der Waals surface area contributed by atoms with E-state index in [1.54, 1.807) is 0 Å². The molecule has 1 aromatic carbocycles. The van der Waals surface area contributed by atoms with Crippen LogP contribution in [0.25, 0.3) is 11.0 Å². The van der Waals surface area contributed by atoms with Gasteiger partial charge in [-0.1, -0.05) is 51.7 Å². The Labute approximate surface area is 157 Å². The molecule has 4 nitrogen and oxygen atoms in total. The number of carbonyl (C=O) groups excluding carboxylic acids is 1. The Bertz CT molecular complexity index is 715. The number of benzene rings is 1. The summed E-state index contributed by atoms with van der Waals surface area (Å²) in [5.74, 6) is 2.30. The summed E-state index contributed by atoms with van der Waals surface area (Å²) >= 11 is 0. The van der Waals surface area contributed by atoms with Crippen molar-refractivity contribution >= 4 is 16.9 Å². The molecule has 0 aliphatic heterocycles. The zero-order valence-electron chi connectivity index (χ0n) is 16.3. The van der Waals surface area contributed by atoms with Crippen LogP contribution in [0.3, 0.4) is 0 Å². The monoisotopic (exact) mass is 355 g/mol. The van der Waals surface area contributed by atoms with E-state index in [0.717, 1.165) is 50.1 Å². The number of aryl methyl sites for hydroxylation is 1. The molecule has 3 rings (SSSR count). The molecule has 1 heterocycles. The predicted molar refractivity (Wildman–Crippen MR) is 107 cm³/mol. The second kappa shape index (κ2) is 9.20. The molecule has 26 heavy (non-hydrogen) atoms. The summed E-state index contributed by atoms with van der Waals surface area (Å²) in [7, 11) is 0. The van der Waals surface area contributed by atoms with Crippen molar-refractivity contribution in [3.63, 3.8) is 0 Å². The number of hydrogen-bond donors (Lipinski definition) is 1. The third kappa shape index (κ3) is 4.66. The molecule has 1 aliphatic carbocycles. The van der Waals surface area contributed by atoms with Gasteiger partial charge in [-0.3, -0.25) is 4.79 Å². The lowest BCUT2D eigenvalue weighted by atomic mass is 9.89. The van der Waals surface area contributed by atoms with Crippen LogP contribution in [0.15, 0.2) is 24.3 Å². The second-order valence-electron chi connectivity index (χ2n) is 7.87. The lowest BCUT2D eigenvalue weighted by Crippen LogP contribution is -2.32. The van der Waals surface area contributed by atoms with Crippen molar-refractivity contribution in [3.8, 4) is 0 Å². The highest BCUT2D eigenvalue weighted by atomic mass is 16.1. The molecule has 1 N–H and O–H groups in total. The van der Waals surface area contributed by atoms with Crippen LogP contribution in [0.4, 0.5) is 0 Å². The molecule has 1 unspecified atom stereocenters. The minimum absolute atomic E-state index is 0.249.